The second-order valence-corrected chi connectivity index (χ2v) is 7.46. The highest BCUT2D eigenvalue weighted by Crippen LogP contribution is 2.20. The molecule has 7 heteroatoms. The second-order valence-electron chi connectivity index (χ2n) is 5.63. The van der Waals surface area contributed by atoms with Crippen molar-refractivity contribution in [1.29, 1.82) is 0 Å². The first kappa shape index (κ1) is 17.7. The van der Waals surface area contributed by atoms with Crippen LogP contribution in [0.3, 0.4) is 0 Å². The van der Waals surface area contributed by atoms with Gasteiger partial charge in [-0.05, 0) is 29.9 Å². The number of nitrogens with zero attached hydrogens (tertiary/aromatic N) is 2. The monoisotopic (exact) mass is 373 g/mol. The molecule has 3 rings (SSSR count). The van der Waals surface area contributed by atoms with Crippen molar-refractivity contribution in [2.45, 2.75) is 18.0 Å². The summed E-state index contributed by atoms with van der Waals surface area (Å²) in [5.41, 5.74) is 1.20. The van der Waals surface area contributed by atoms with Crippen LogP contribution in [0.1, 0.15) is 12.0 Å². The summed E-state index contributed by atoms with van der Waals surface area (Å²) in [7, 11) is 1.69. The van der Waals surface area contributed by atoms with E-state index in [-0.39, 0.29) is 17.2 Å². The number of thiophene rings is 1. The molecule has 2 aromatic heterocycles. The maximum atomic E-state index is 12.2. The smallest absolute Gasteiger partial charge is 0.262 e. The third-order valence-electron chi connectivity index (χ3n) is 3.80. The zero-order valence-electron chi connectivity index (χ0n) is 13.9. The Morgan fingerprint density at radius 1 is 1.28 bits per heavy atom. The third-order valence-corrected chi connectivity index (χ3v) is 5.64. The van der Waals surface area contributed by atoms with Gasteiger partial charge in [0.1, 0.15) is 4.83 Å². The van der Waals surface area contributed by atoms with Crippen LogP contribution in [-0.2, 0) is 18.3 Å². The van der Waals surface area contributed by atoms with E-state index < -0.39 is 0 Å². The SMILES string of the molecule is Cn1c(SCC(=O)NCCCc2ccccc2)nc2sccc2c1=O. The van der Waals surface area contributed by atoms with Crippen molar-refractivity contribution < 1.29 is 4.79 Å². The van der Waals surface area contributed by atoms with Crippen LogP contribution >= 0.6 is 23.1 Å². The largest absolute Gasteiger partial charge is 0.355 e. The predicted octanol–water partition coefficient (Wildman–Crippen LogP) is 2.84. The van der Waals surface area contributed by atoms with E-state index in [1.54, 1.807) is 13.1 Å². The molecule has 3 aromatic rings. The number of benzene rings is 1. The van der Waals surface area contributed by atoms with E-state index in [1.165, 1.54) is 33.2 Å². The van der Waals surface area contributed by atoms with E-state index in [4.69, 9.17) is 0 Å². The topological polar surface area (TPSA) is 64.0 Å². The molecule has 0 saturated heterocycles. The number of aryl methyl sites for hydroxylation is 1. The summed E-state index contributed by atoms with van der Waals surface area (Å²) in [6.07, 6.45) is 1.84. The Bertz CT molecular complexity index is 919. The van der Waals surface area contributed by atoms with Gasteiger partial charge < -0.3 is 5.32 Å². The Morgan fingerprint density at radius 3 is 2.88 bits per heavy atom. The standard InChI is InChI=1S/C18H19N3O2S2/c1-21-17(23)14-9-11-24-16(14)20-18(21)25-12-15(22)19-10-5-8-13-6-3-2-4-7-13/h2-4,6-7,9,11H,5,8,10,12H2,1H3,(H,19,22). The third kappa shape index (κ3) is 4.49. The molecule has 130 valence electrons. The molecule has 0 fully saturated rings. The fraction of sp³-hybridized carbons (Fsp3) is 0.278. The first-order chi connectivity index (χ1) is 12.1. The van der Waals surface area contributed by atoms with Crippen molar-refractivity contribution in [2.75, 3.05) is 12.3 Å². The van der Waals surface area contributed by atoms with Gasteiger partial charge in [0.2, 0.25) is 5.91 Å². The highest BCUT2D eigenvalue weighted by atomic mass is 32.2. The lowest BCUT2D eigenvalue weighted by Gasteiger charge is -2.08. The maximum absolute atomic E-state index is 12.2. The van der Waals surface area contributed by atoms with E-state index in [0.29, 0.717) is 21.9 Å². The predicted molar refractivity (Wildman–Crippen MR) is 103 cm³/mol. The minimum absolute atomic E-state index is 0.0430. The number of carbonyl (C=O) groups excluding carboxylic acids is 1. The van der Waals surface area contributed by atoms with Gasteiger partial charge in [-0.25, -0.2) is 4.98 Å². The van der Waals surface area contributed by atoms with Gasteiger partial charge in [0.15, 0.2) is 5.16 Å². The molecule has 0 atom stereocenters. The summed E-state index contributed by atoms with van der Waals surface area (Å²) in [4.78, 5) is 29.4. The summed E-state index contributed by atoms with van der Waals surface area (Å²) in [5.74, 6) is 0.210. The van der Waals surface area contributed by atoms with Crippen LogP contribution in [0.15, 0.2) is 51.7 Å². The Kier molecular flexibility index (Phi) is 5.88. The summed E-state index contributed by atoms with van der Waals surface area (Å²) >= 11 is 2.72. The van der Waals surface area contributed by atoms with Crippen LogP contribution in [0.4, 0.5) is 0 Å². The number of rotatable bonds is 7. The molecule has 0 radical (unpaired) electrons. The van der Waals surface area contributed by atoms with Crippen LogP contribution in [0.2, 0.25) is 0 Å². The van der Waals surface area contributed by atoms with Gasteiger partial charge >= 0.3 is 0 Å². The number of nitrogens with one attached hydrogen (secondary N) is 1. The Hall–Kier alpha value is -2.12. The van der Waals surface area contributed by atoms with Crippen molar-refractivity contribution in [2.24, 2.45) is 7.05 Å². The summed E-state index contributed by atoms with van der Waals surface area (Å²) in [6, 6.07) is 12.0. The summed E-state index contributed by atoms with van der Waals surface area (Å²) < 4.78 is 1.50. The molecule has 0 spiro atoms. The molecule has 0 unspecified atom stereocenters. The quantitative estimate of drug-likeness (QED) is 0.393. The number of hydrogen-bond acceptors (Lipinski definition) is 5. The number of aromatic nitrogens is 2. The van der Waals surface area contributed by atoms with Crippen LogP contribution in [0.25, 0.3) is 10.2 Å². The van der Waals surface area contributed by atoms with Gasteiger partial charge in [0.05, 0.1) is 11.1 Å². The summed E-state index contributed by atoms with van der Waals surface area (Å²) in [6.45, 7) is 0.643. The van der Waals surface area contributed by atoms with Crippen LogP contribution < -0.4 is 10.9 Å². The molecular formula is C18H19N3O2S2. The van der Waals surface area contributed by atoms with Crippen LogP contribution in [-0.4, -0.2) is 27.8 Å². The number of carbonyl (C=O) groups is 1. The minimum atomic E-state index is -0.0722. The molecule has 1 aromatic carbocycles. The van der Waals surface area contributed by atoms with Crippen molar-refractivity contribution in [1.82, 2.24) is 14.9 Å². The Balaban J connectivity index is 1.48. The fourth-order valence-corrected chi connectivity index (χ4v) is 4.06. The van der Waals surface area contributed by atoms with Gasteiger partial charge in [-0.2, -0.15) is 0 Å². The first-order valence-corrected chi connectivity index (χ1v) is 9.89. The number of fused-ring (bicyclic) bond motifs is 1. The van der Waals surface area contributed by atoms with Crippen molar-refractivity contribution in [3.8, 4) is 0 Å². The molecule has 2 heterocycles. The van der Waals surface area contributed by atoms with Crippen LogP contribution in [0.5, 0.6) is 0 Å². The lowest BCUT2D eigenvalue weighted by Crippen LogP contribution is -2.27. The van der Waals surface area contributed by atoms with Crippen molar-refractivity contribution in [3.05, 3.63) is 57.7 Å². The fourth-order valence-electron chi connectivity index (χ4n) is 2.46. The molecule has 1 N–H and O–H groups in total. The average molecular weight is 374 g/mol. The molecule has 5 nitrogen and oxygen atoms in total. The normalized spacial score (nSPS) is 10.9. The van der Waals surface area contributed by atoms with E-state index in [9.17, 15) is 9.59 Å². The first-order valence-electron chi connectivity index (χ1n) is 8.03. The molecule has 0 bridgehead atoms. The van der Waals surface area contributed by atoms with Gasteiger partial charge in [0, 0.05) is 13.6 Å². The molecule has 25 heavy (non-hydrogen) atoms. The van der Waals surface area contributed by atoms with E-state index in [1.807, 2.05) is 23.6 Å². The maximum Gasteiger partial charge on any atom is 0.262 e. The van der Waals surface area contributed by atoms with Gasteiger partial charge in [-0.1, -0.05) is 42.1 Å². The highest BCUT2D eigenvalue weighted by Gasteiger charge is 2.11. The number of amides is 1. The zero-order valence-corrected chi connectivity index (χ0v) is 15.5. The van der Waals surface area contributed by atoms with E-state index >= 15 is 0 Å². The number of thioether (sulfide) groups is 1. The highest BCUT2D eigenvalue weighted by molar-refractivity contribution is 7.99. The average Bonchev–Trinajstić information content (AvgIpc) is 3.10. The molecule has 0 saturated carbocycles. The van der Waals surface area contributed by atoms with Gasteiger partial charge in [-0.15, -0.1) is 11.3 Å². The number of hydrogen-bond donors (Lipinski definition) is 1. The van der Waals surface area contributed by atoms with Crippen molar-refractivity contribution in [3.63, 3.8) is 0 Å². The summed E-state index contributed by atoms with van der Waals surface area (Å²) in [5, 5.41) is 5.97. The zero-order chi connectivity index (χ0) is 17.6. The molecule has 0 aliphatic carbocycles. The Labute approximate surface area is 154 Å². The minimum Gasteiger partial charge on any atom is -0.355 e. The molecule has 1 amide bonds. The Morgan fingerprint density at radius 2 is 2.08 bits per heavy atom. The molecular weight excluding hydrogens is 354 g/mol. The van der Waals surface area contributed by atoms with Gasteiger partial charge in [-0.3, -0.25) is 14.2 Å². The van der Waals surface area contributed by atoms with Crippen LogP contribution in [0, 0.1) is 0 Å². The molecule has 0 aliphatic rings. The lowest BCUT2D eigenvalue weighted by atomic mass is 10.1. The second kappa shape index (κ2) is 8.31. The van der Waals surface area contributed by atoms with E-state index in [0.717, 1.165) is 12.8 Å². The van der Waals surface area contributed by atoms with E-state index in [2.05, 4.69) is 22.4 Å². The molecule has 0 aliphatic heterocycles. The lowest BCUT2D eigenvalue weighted by molar-refractivity contribution is -0.118. The van der Waals surface area contributed by atoms with Gasteiger partial charge in [0.25, 0.3) is 5.56 Å². The van der Waals surface area contributed by atoms with Crippen molar-refractivity contribution >= 4 is 39.2 Å².